The molecule has 1 heterocycles. The highest BCUT2D eigenvalue weighted by molar-refractivity contribution is 5.79. The van der Waals surface area contributed by atoms with E-state index in [2.05, 4.69) is 58.5 Å². The van der Waals surface area contributed by atoms with Crippen LogP contribution in [-0.2, 0) is 6.54 Å². The molecule has 0 aliphatic rings. The Morgan fingerprint density at radius 2 is 1.95 bits per heavy atom. The first-order valence-electron chi connectivity index (χ1n) is 7.66. The van der Waals surface area contributed by atoms with Crippen molar-refractivity contribution in [3.05, 3.63) is 42.4 Å². The van der Waals surface area contributed by atoms with E-state index < -0.39 is 0 Å². The molecule has 1 unspecified atom stereocenters. The summed E-state index contributed by atoms with van der Waals surface area (Å²) in [6.45, 7) is 7.13. The SMILES string of the molecule is CN=C(NCc1ncc(-c2ccccc2)[nH]1)NC(C)C(C)C. The molecular weight excluding hydrogens is 274 g/mol. The van der Waals surface area contributed by atoms with E-state index in [1.807, 2.05) is 24.4 Å². The van der Waals surface area contributed by atoms with Crippen LogP contribution in [0, 0.1) is 5.92 Å². The van der Waals surface area contributed by atoms with Crippen LogP contribution in [0.5, 0.6) is 0 Å². The monoisotopic (exact) mass is 299 g/mol. The molecule has 22 heavy (non-hydrogen) atoms. The molecule has 2 rings (SSSR count). The summed E-state index contributed by atoms with van der Waals surface area (Å²) in [6.07, 6.45) is 1.86. The molecule has 1 aromatic heterocycles. The van der Waals surface area contributed by atoms with Gasteiger partial charge in [0.2, 0.25) is 0 Å². The van der Waals surface area contributed by atoms with Crippen molar-refractivity contribution in [3.63, 3.8) is 0 Å². The van der Waals surface area contributed by atoms with Crippen LogP contribution in [0.2, 0.25) is 0 Å². The maximum Gasteiger partial charge on any atom is 0.191 e. The highest BCUT2D eigenvalue weighted by atomic mass is 15.2. The Balaban J connectivity index is 1.93. The van der Waals surface area contributed by atoms with E-state index in [-0.39, 0.29) is 0 Å². The van der Waals surface area contributed by atoms with Gasteiger partial charge < -0.3 is 15.6 Å². The number of aromatic amines is 1. The molecule has 118 valence electrons. The van der Waals surface area contributed by atoms with E-state index in [4.69, 9.17) is 0 Å². The van der Waals surface area contributed by atoms with Gasteiger partial charge in [-0.05, 0) is 18.4 Å². The van der Waals surface area contributed by atoms with Crippen molar-refractivity contribution in [3.8, 4) is 11.3 Å². The normalized spacial score (nSPS) is 13.2. The number of nitrogens with zero attached hydrogens (tertiary/aromatic N) is 2. The molecule has 0 fully saturated rings. The van der Waals surface area contributed by atoms with Gasteiger partial charge in [-0.1, -0.05) is 44.2 Å². The van der Waals surface area contributed by atoms with Crippen LogP contribution in [0.4, 0.5) is 0 Å². The summed E-state index contributed by atoms with van der Waals surface area (Å²) >= 11 is 0. The van der Waals surface area contributed by atoms with E-state index >= 15 is 0 Å². The van der Waals surface area contributed by atoms with Crippen LogP contribution in [-0.4, -0.2) is 29.0 Å². The summed E-state index contributed by atoms with van der Waals surface area (Å²) in [5.41, 5.74) is 2.16. The number of aliphatic imine (C=N–C) groups is 1. The Hall–Kier alpha value is -2.30. The molecule has 2 aromatic rings. The van der Waals surface area contributed by atoms with Gasteiger partial charge in [-0.15, -0.1) is 0 Å². The largest absolute Gasteiger partial charge is 0.354 e. The van der Waals surface area contributed by atoms with Gasteiger partial charge in [0, 0.05) is 13.1 Å². The van der Waals surface area contributed by atoms with Crippen molar-refractivity contribution in [1.29, 1.82) is 0 Å². The molecule has 0 amide bonds. The van der Waals surface area contributed by atoms with Crippen molar-refractivity contribution in [2.75, 3.05) is 7.05 Å². The molecule has 0 saturated heterocycles. The van der Waals surface area contributed by atoms with Crippen LogP contribution in [0.15, 0.2) is 41.5 Å². The van der Waals surface area contributed by atoms with Crippen LogP contribution in [0.3, 0.4) is 0 Å². The topological polar surface area (TPSA) is 65.1 Å². The summed E-state index contributed by atoms with van der Waals surface area (Å²) < 4.78 is 0. The zero-order valence-electron chi connectivity index (χ0n) is 13.7. The minimum atomic E-state index is 0.364. The molecule has 1 atom stereocenters. The predicted molar refractivity (Wildman–Crippen MR) is 91.7 cm³/mol. The van der Waals surface area contributed by atoms with Gasteiger partial charge in [-0.3, -0.25) is 4.99 Å². The molecule has 0 bridgehead atoms. The number of hydrogen-bond donors (Lipinski definition) is 3. The number of benzene rings is 1. The Labute approximate surface area is 132 Å². The highest BCUT2D eigenvalue weighted by Crippen LogP contribution is 2.15. The highest BCUT2D eigenvalue weighted by Gasteiger charge is 2.09. The van der Waals surface area contributed by atoms with Gasteiger partial charge in [0.25, 0.3) is 0 Å². The molecule has 1 aromatic carbocycles. The lowest BCUT2D eigenvalue weighted by Gasteiger charge is -2.20. The van der Waals surface area contributed by atoms with Crippen LogP contribution < -0.4 is 10.6 Å². The van der Waals surface area contributed by atoms with E-state index in [9.17, 15) is 0 Å². The number of aromatic nitrogens is 2. The van der Waals surface area contributed by atoms with Gasteiger partial charge >= 0.3 is 0 Å². The van der Waals surface area contributed by atoms with Crippen molar-refractivity contribution >= 4 is 5.96 Å². The second-order valence-electron chi connectivity index (χ2n) is 5.71. The van der Waals surface area contributed by atoms with E-state index in [0.717, 1.165) is 23.0 Å². The minimum absolute atomic E-state index is 0.364. The Morgan fingerprint density at radius 3 is 2.59 bits per heavy atom. The fourth-order valence-electron chi connectivity index (χ4n) is 1.96. The van der Waals surface area contributed by atoms with Crippen LogP contribution >= 0.6 is 0 Å². The second-order valence-corrected chi connectivity index (χ2v) is 5.71. The molecule has 0 radical (unpaired) electrons. The van der Waals surface area contributed by atoms with E-state index in [1.165, 1.54) is 0 Å². The molecule has 0 spiro atoms. The van der Waals surface area contributed by atoms with E-state index in [1.54, 1.807) is 7.05 Å². The zero-order valence-corrected chi connectivity index (χ0v) is 13.7. The maximum atomic E-state index is 4.41. The molecule has 0 saturated carbocycles. The fraction of sp³-hybridized carbons (Fsp3) is 0.412. The lowest BCUT2D eigenvalue weighted by atomic mass is 10.1. The van der Waals surface area contributed by atoms with Crippen molar-refractivity contribution in [1.82, 2.24) is 20.6 Å². The van der Waals surface area contributed by atoms with Gasteiger partial charge in [-0.2, -0.15) is 0 Å². The molecule has 0 aliphatic carbocycles. The van der Waals surface area contributed by atoms with Gasteiger partial charge in [-0.25, -0.2) is 4.98 Å². The number of hydrogen-bond acceptors (Lipinski definition) is 2. The molecular formula is C17H25N5. The summed E-state index contributed by atoms with van der Waals surface area (Å²) in [5, 5.41) is 6.65. The van der Waals surface area contributed by atoms with Crippen LogP contribution in [0.1, 0.15) is 26.6 Å². The second kappa shape index (κ2) is 7.64. The number of imidazole rings is 1. The summed E-state index contributed by atoms with van der Waals surface area (Å²) in [7, 11) is 1.78. The lowest BCUT2D eigenvalue weighted by Crippen LogP contribution is -2.44. The number of rotatable bonds is 5. The third-order valence-corrected chi connectivity index (χ3v) is 3.72. The van der Waals surface area contributed by atoms with E-state index in [0.29, 0.717) is 18.5 Å². The minimum Gasteiger partial charge on any atom is -0.354 e. The Morgan fingerprint density at radius 1 is 1.23 bits per heavy atom. The summed E-state index contributed by atoms with van der Waals surface area (Å²) in [4.78, 5) is 12.0. The smallest absolute Gasteiger partial charge is 0.191 e. The van der Waals surface area contributed by atoms with Gasteiger partial charge in [0.15, 0.2) is 5.96 Å². The molecule has 5 heteroatoms. The first-order chi connectivity index (χ1) is 10.6. The standard InChI is InChI=1S/C17H25N5/c1-12(2)13(3)21-17(18-4)20-11-16-19-10-15(22-16)14-8-6-5-7-9-14/h5-10,12-13H,11H2,1-4H3,(H,19,22)(H2,18,20,21). The Kier molecular flexibility index (Phi) is 5.58. The zero-order chi connectivity index (χ0) is 15.9. The molecule has 0 aliphatic heterocycles. The third kappa shape index (κ3) is 4.35. The van der Waals surface area contributed by atoms with Crippen LogP contribution in [0.25, 0.3) is 11.3 Å². The average Bonchev–Trinajstić information content (AvgIpc) is 3.00. The summed E-state index contributed by atoms with van der Waals surface area (Å²) in [6, 6.07) is 10.5. The maximum absolute atomic E-state index is 4.41. The van der Waals surface area contributed by atoms with Crippen molar-refractivity contribution in [2.24, 2.45) is 10.9 Å². The quantitative estimate of drug-likeness (QED) is 0.587. The number of guanidine groups is 1. The van der Waals surface area contributed by atoms with Crippen molar-refractivity contribution < 1.29 is 0 Å². The first kappa shape index (κ1) is 16.1. The van der Waals surface area contributed by atoms with Gasteiger partial charge in [0.1, 0.15) is 5.82 Å². The van der Waals surface area contributed by atoms with Gasteiger partial charge in [0.05, 0.1) is 18.4 Å². The Bertz CT molecular complexity index is 601. The third-order valence-electron chi connectivity index (χ3n) is 3.72. The fourth-order valence-corrected chi connectivity index (χ4v) is 1.96. The predicted octanol–water partition coefficient (Wildman–Crippen LogP) is 2.79. The molecule has 5 nitrogen and oxygen atoms in total. The summed E-state index contributed by atoms with van der Waals surface area (Å²) in [5.74, 6) is 2.23. The number of nitrogens with one attached hydrogen (secondary N) is 3. The lowest BCUT2D eigenvalue weighted by molar-refractivity contribution is 0.480. The first-order valence-corrected chi connectivity index (χ1v) is 7.66. The number of H-pyrrole nitrogens is 1. The average molecular weight is 299 g/mol. The van der Waals surface area contributed by atoms with Crippen molar-refractivity contribution in [2.45, 2.75) is 33.4 Å². The molecule has 3 N–H and O–H groups in total.